The number of aryl methyl sites for hydroxylation is 2. The van der Waals surface area contributed by atoms with E-state index in [2.05, 4.69) is 10.6 Å². The van der Waals surface area contributed by atoms with Gasteiger partial charge in [0.2, 0.25) is 11.8 Å². The maximum Gasteiger partial charge on any atom is 0.330 e. The third-order valence-corrected chi connectivity index (χ3v) is 3.45. The average molecular weight is 334 g/mol. The highest BCUT2D eigenvalue weighted by Crippen LogP contribution is 2.18. The maximum atomic E-state index is 12.0. The van der Waals surface area contributed by atoms with Crippen LogP contribution in [-0.4, -0.2) is 29.4 Å². The molecule has 0 saturated carbocycles. The van der Waals surface area contributed by atoms with Crippen molar-refractivity contribution in [1.82, 2.24) is 10.6 Å². The fourth-order valence-electron chi connectivity index (χ4n) is 2.25. The quantitative estimate of drug-likeness (QED) is 0.742. The molecule has 1 aromatic rings. The molecule has 1 unspecified atom stereocenters. The fourth-order valence-corrected chi connectivity index (χ4v) is 2.25. The van der Waals surface area contributed by atoms with E-state index in [0.29, 0.717) is 5.56 Å². The van der Waals surface area contributed by atoms with Gasteiger partial charge in [0, 0.05) is 18.4 Å². The molecule has 0 bridgehead atoms. The molecular formula is C18H26N2O4. The Kier molecular flexibility index (Phi) is 6.51. The summed E-state index contributed by atoms with van der Waals surface area (Å²) >= 11 is 0. The first kappa shape index (κ1) is 19.7. The van der Waals surface area contributed by atoms with Crippen molar-refractivity contribution in [2.45, 2.75) is 47.1 Å². The molecule has 0 aliphatic heterocycles. The van der Waals surface area contributed by atoms with Gasteiger partial charge in [0.25, 0.3) is 0 Å². The van der Waals surface area contributed by atoms with Crippen molar-refractivity contribution in [2.24, 2.45) is 5.41 Å². The summed E-state index contributed by atoms with van der Waals surface area (Å²) < 4.78 is 0. The summed E-state index contributed by atoms with van der Waals surface area (Å²) in [6.07, 6.45) is 0.0242. The highest BCUT2D eigenvalue weighted by atomic mass is 16.4. The van der Waals surface area contributed by atoms with Crippen LogP contribution in [0, 0.1) is 19.3 Å². The molecule has 6 nitrogen and oxygen atoms in total. The molecule has 6 heteroatoms. The Hall–Kier alpha value is -2.37. The van der Waals surface area contributed by atoms with E-state index in [1.807, 2.05) is 19.9 Å². The van der Waals surface area contributed by atoms with Gasteiger partial charge in [-0.05, 0) is 19.4 Å². The minimum atomic E-state index is -1.12. The number of amides is 2. The zero-order valence-corrected chi connectivity index (χ0v) is 14.9. The van der Waals surface area contributed by atoms with Crippen molar-refractivity contribution in [1.29, 1.82) is 0 Å². The summed E-state index contributed by atoms with van der Waals surface area (Å²) in [5.41, 5.74) is 1.87. The van der Waals surface area contributed by atoms with Gasteiger partial charge >= 0.3 is 5.97 Å². The van der Waals surface area contributed by atoms with Crippen molar-refractivity contribution in [3.63, 3.8) is 0 Å². The van der Waals surface area contributed by atoms with Crippen LogP contribution in [0.25, 0.3) is 0 Å². The van der Waals surface area contributed by atoms with Gasteiger partial charge in [0.1, 0.15) is 0 Å². The first-order valence-corrected chi connectivity index (χ1v) is 7.89. The van der Waals surface area contributed by atoms with Gasteiger partial charge in [-0.3, -0.25) is 9.59 Å². The lowest BCUT2D eigenvalue weighted by Crippen LogP contribution is -2.39. The lowest BCUT2D eigenvalue weighted by atomic mass is 9.96. The van der Waals surface area contributed by atoms with Crippen LogP contribution in [0.1, 0.15) is 49.9 Å². The number of rotatable bonds is 6. The van der Waals surface area contributed by atoms with E-state index in [0.717, 1.165) is 11.1 Å². The Morgan fingerprint density at radius 2 is 1.62 bits per heavy atom. The smallest absolute Gasteiger partial charge is 0.330 e. The Bertz CT molecular complexity index is 612. The Balaban J connectivity index is 2.67. The number of carboxylic acid groups (broad SMARTS) is 1. The molecule has 3 N–H and O–H groups in total. The van der Waals surface area contributed by atoms with Crippen LogP contribution in [0.4, 0.5) is 0 Å². The molecule has 0 spiro atoms. The normalized spacial score (nSPS) is 12.4. The van der Waals surface area contributed by atoms with Crippen molar-refractivity contribution in [2.75, 3.05) is 6.54 Å². The zero-order valence-electron chi connectivity index (χ0n) is 14.9. The first-order valence-electron chi connectivity index (χ1n) is 7.89. The van der Waals surface area contributed by atoms with Gasteiger partial charge in [-0.25, -0.2) is 4.79 Å². The van der Waals surface area contributed by atoms with Crippen LogP contribution >= 0.6 is 0 Å². The molecule has 1 aromatic carbocycles. The molecule has 0 aliphatic carbocycles. The third-order valence-electron chi connectivity index (χ3n) is 3.45. The summed E-state index contributed by atoms with van der Waals surface area (Å²) in [6.45, 7) is 9.26. The second-order valence-corrected chi connectivity index (χ2v) is 7.02. The number of hydrogen-bond acceptors (Lipinski definition) is 3. The summed E-state index contributed by atoms with van der Waals surface area (Å²) in [7, 11) is 0. The lowest BCUT2D eigenvalue weighted by Gasteiger charge is -2.18. The molecular weight excluding hydrogens is 308 g/mol. The van der Waals surface area contributed by atoms with Gasteiger partial charge in [0.05, 0.1) is 0 Å². The molecule has 0 aliphatic rings. The summed E-state index contributed by atoms with van der Waals surface area (Å²) in [5.74, 6) is -1.69. The lowest BCUT2D eigenvalue weighted by molar-refractivity contribution is -0.142. The first-order chi connectivity index (χ1) is 11.0. The van der Waals surface area contributed by atoms with E-state index in [1.54, 1.807) is 32.9 Å². The van der Waals surface area contributed by atoms with E-state index >= 15 is 0 Å². The maximum absolute atomic E-state index is 12.0. The molecule has 1 rings (SSSR count). The minimum Gasteiger partial charge on any atom is -0.479 e. The molecule has 0 aromatic heterocycles. The van der Waals surface area contributed by atoms with E-state index in [9.17, 15) is 19.5 Å². The van der Waals surface area contributed by atoms with Crippen LogP contribution in [0.2, 0.25) is 0 Å². The Morgan fingerprint density at radius 1 is 1.08 bits per heavy atom. The van der Waals surface area contributed by atoms with Gasteiger partial charge < -0.3 is 15.7 Å². The number of benzene rings is 1. The number of carboxylic acids is 1. The summed E-state index contributed by atoms with van der Waals surface area (Å²) in [6, 6.07) is 4.32. The summed E-state index contributed by atoms with van der Waals surface area (Å²) in [4.78, 5) is 35.2. The van der Waals surface area contributed by atoms with Gasteiger partial charge in [-0.2, -0.15) is 0 Å². The van der Waals surface area contributed by atoms with Crippen molar-refractivity contribution < 1.29 is 19.5 Å². The second kappa shape index (κ2) is 7.95. The van der Waals surface area contributed by atoms with Crippen LogP contribution in [0.15, 0.2) is 18.2 Å². The minimum absolute atomic E-state index is 0.0242. The Morgan fingerprint density at radius 3 is 2.08 bits per heavy atom. The van der Waals surface area contributed by atoms with Crippen molar-refractivity contribution in [3.05, 3.63) is 34.9 Å². The van der Waals surface area contributed by atoms with Crippen LogP contribution in [0.5, 0.6) is 0 Å². The van der Waals surface area contributed by atoms with Gasteiger partial charge in [0.15, 0.2) is 6.04 Å². The average Bonchev–Trinajstić information content (AvgIpc) is 2.42. The van der Waals surface area contributed by atoms with Crippen LogP contribution < -0.4 is 10.6 Å². The predicted molar refractivity (Wildman–Crippen MR) is 91.5 cm³/mol. The number of carbonyl (C=O) groups excluding carboxylic acids is 2. The topological polar surface area (TPSA) is 95.5 Å². The highest BCUT2D eigenvalue weighted by molar-refractivity contribution is 5.85. The standard InChI is InChI=1S/C18H26N2O4/c1-11-8-12(2)10-13(9-11)15(16(22)23)20-14(21)6-7-19-17(24)18(3,4)5/h8-10,15H,6-7H2,1-5H3,(H,19,24)(H,20,21)(H,22,23). The summed E-state index contributed by atoms with van der Waals surface area (Å²) in [5, 5.41) is 14.6. The second-order valence-electron chi connectivity index (χ2n) is 7.02. The largest absolute Gasteiger partial charge is 0.479 e. The molecule has 0 radical (unpaired) electrons. The van der Waals surface area contributed by atoms with Crippen LogP contribution in [-0.2, 0) is 14.4 Å². The molecule has 0 heterocycles. The van der Waals surface area contributed by atoms with Gasteiger partial charge in [-0.1, -0.05) is 50.1 Å². The number of nitrogens with one attached hydrogen (secondary N) is 2. The monoisotopic (exact) mass is 334 g/mol. The highest BCUT2D eigenvalue weighted by Gasteiger charge is 2.23. The van der Waals surface area contributed by atoms with E-state index < -0.39 is 23.3 Å². The number of carbonyl (C=O) groups is 3. The van der Waals surface area contributed by atoms with E-state index in [1.165, 1.54) is 0 Å². The molecule has 0 saturated heterocycles. The van der Waals surface area contributed by atoms with Crippen molar-refractivity contribution in [3.8, 4) is 0 Å². The fraction of sp³-hybridized carbons (Fsp3) is 0.500. The molecule has 2 amide bonds. The van der Waals surface area contributed by atoms with Crippen LogP contribution in [0.3, 0.4) is 0 Å². The number of hydrogen-bond donors (Lipinski definition) is 3. The zero-order chi connectivity index (χ0) is 18.5. The molecule has 132 valence electrons. The molecule has 1 atom stereocenters. The Labute approximate surface area is 142 Å². The molecule has 24 heavy (non-hydrogen) atoms. The van der Waals surface area contributed by atoms with Gasteiger partial charge in [-0.15, -0.1) is 0 Å². The van der Waals surface area contributed by atoms with E-state index in [4.69, 9.17) is 0 Å². The molecule has 0 fully saturated rings. The van der Waals surface area contributed by atoms with Crippen molar-refractivity contribution >= 4 is 17.8 Å². The SMILES string of the molecule is Cc1cc(C)cc(C(NC(=O)CCNC(=O)C(C)(C)C)C(=O)O)c1. The van der Waals surface area contributed by atoms with E-state index in [-0.39, 0.29) is 18.9 Å². The number of aliphatic carboxylic acids is 1. The predicted octanol–water partition coefficient (Wildman–Crippen LogP) is 2.10. The third kappa shape index (κ3) is 6.02.